The minimum Gasteiger partial charge on any atom is -0.369 e. The fourth-order valence-corrected chi connectivity index (χ4v) is 4.45. The van der Waals surface area contributed by atoms with E-state index in [9.17, 15) is 9.18 Å². The molecule has 0 bridgehead atoms. The van der Waals surface area contributed by atoms with Crippen molar-refractivity contribution in [3.05, 3.63) is 75.1 Å². The number of rotatable bonds is 4. The van der Waals surface area contributed by atoms with Crippen LogP contribution in [0.15, 0.2) is 41.5 Å². The van der Waals surface area contributed by atoms with Gasteiger partial charge in [-0.15, -0.1) is 0 Å². The Morgan fingerprint density at radius 2 is 2.00 bits per heavy atom. The Kier molecular flexibility index (Phi) is 5.26. The lowest BCUT2D eigenvalue weighted by atomic mass is 10.0. The second-order valence-electron chi connectivity index (χ2n) is 8.96. The van der Waals surface area contributed by atoms with Crippen LogP contribution < -0.4 is 5.56 Å². The van der Waals surface area contributed by atoms with Crippen molar-refractivity contribution in [3.8, 4) is 11.3 Å². The Labute approximate surface area is 205 Å². The number of halogens is 2. The zero-order valence-electron chi connectivity index (χ0n) is 19.2. The highest BCUT2D eigenvalue weighted by atomic mass is 35.5. The van der Waals surface area contributed by atoms with Crippen LogP contribution in [0.2, 0.25) is 5.02 Å². The third-order valence-electron chi connectivity index (χ3n) is 6.52. The van der Waals surface area contributed by atoms with Crippen LogP contribution in [0.1, 0.15) is 48.6 Å². The molecule has 1 aromatic carbocycles. The largest absolute Gasteiger partial charge is 0.369 e. The maximum absolute atomic E-state index is 15.0. The number of aromatic nitrogens is 6. The van der Waals surface area contributed by atoms with Crippen LogP contribution in [-0.4, -0.2) is 35.9 Å². The maximum atomic E-state index is 15.0. The molecule has 35 heavy (non-hydrogen) atoms. The van der Waals surface area contributed by atoms with Gasteiger partial charge in [0.25, 0.3) is 5.56 Å². The summed E-state index contributed by atoms with van der Waals surface area (Å²) in [7, 11) is 1.63. The molecule has 4 heterocycles. The molecule has 1 unspecified atom stereocenters. The van der Waals surface area contributed by atoms with Gasteiger partial charge in [0.1, 0.15) is 29.0 Å². The van der Waals surface area contributed by atoms with Crippen molar-refractivity contribution < 1.29 is 9.13 Å². The van der Waals surface area contributed by atoms with Gasteiger partial charge >= 0.3 is 0 Å². The lowest BCUT2D eigenvalue weighted by Crippen LogP contribution is -2.23. The maximum Gasteiger partial charge on any atom is 0.279 e. The summed E-state index contributed by atoms with van der Waals surface area (Å²) in [6.07, 6.45) is 8.32. The second-order valence-corrected chi connectivity index (χ2v) is 9.39. The van der Waals surface area contributed by atoms with Crippen molar-refractivity contribution in [1.29, 1.82) is 0 Å². The molecule has 10 heteroatoms. The van der Waals surface area contributed by atoms with E-state index in [1.165, 1.54) is 10.6 Å². The average molecular weight is 493 g/mol. The third-order valence-corrected chi connectivity index (χ3v) is 6.75. The van der Waals surface area contributed by atoms with Crippen LogP contribution in [0.4, 0.5) is 4.39 Å². The van der Waals surface area contributed by atoms with E-state index in [1.54, 1.807) is 26.1 Å². The van der Waals surface area contributed by atoms with Gasteiger partial charge in [0.15, 0.2) is 11.3 Å². The molecular formula is C25H22ClFN6O2. The SMILES string of the molecule is Cc1nc2c(-c3ccc(Cl)cc3F)nc(C3=CC(c4cnn(C5CC5)c4)OCC3)nc2c(=O)n1C. The molecule has 1 aliphatic heterocycles. The van der Waals surface area contributed by atoms with Crippen molar-refractivity contribution in [2.24, 2.45) is 7.05 Å². The number of hydrogen-bond donors (Lipinski definition) is 0. The highest BCUT2D eigenvalue weighted by Gasteiger charge is 2.27. The summed E-state index contributed by atoms with van der Waals surface area (Å²) in [4.78, 5) is 27.0. The molecule has 0 saturated heterocycles. The molecule has 1 saturated carbocycles. The second kappa shape index (κ2) is 8.35. The minimum atomic E-state index is -0.546. The van der Waals surface area contributed by atoms with Crippen molar-refractivity contribution in [3.63, 3.8) is 0 Å². The summed E-state index contributed by atoms with van der Waals surface area (Å²) in [6.45, 7) is 2.17. The quantitative estimate of drug-likeness (QED) is 0.415. The summed E-state index contributed by atoms with van der Waals surface area (Å²) < 4.78 is 24.4. The highest BCUT2D eigenvalue weighted by molar-refractivity contribution is 6.30. The van der Waals surface area contributed by atoms with E-state index >= 15 is 0 Å². The van der Waals surface area contributed by atoms with Crippen LogP contribution in [-0.2, 0) is 11.8 Å². The summed E-state index contributed by atoms with van der Waals surface area (Å²) in [5, 5.41) is 4.73. The lowest BCUT2D eigenvalue weighted by molar-refractivity contribution is 0.0825. The number of nitrogens with zero attached hydrogens (tertiary/aromatic N) is 6. The molecule has 4 aromatic rings. The molecule has 0 N–H and O–H groups in total. The van der Waals surface area contributed by atoms with Crippen molar-refractivity contribution in [2.75, 3.05) is 6.61 Å². The standard InChI is InChI=1S/C25H22ClFN6O2/c1-13-29-22-21(18-6-3-16(26)10-19(18)27)30-24(31-23(22)25(34)32(13)2)14-7-8-35-20(9-14)15-11-28-33(12-15)17-4-5-17/h3,6,9-12,17,20H,4-5,7-8H2,1-2H3. The molecule has 1 atom stereocenters. The number of fused-ring (bicyclic) bond motifs is 1. The smallest absolute Gasteiger partial charge is 0.279 e. The fourth-order valence-electron chi connectivity index (χ4n) is 4.29. The van der Waals surface area contributed by atoms with Gasteiger partial charge in [-0.2, -0.15) is 5.10 Å². The Balaban J connectivity index is 1.52. The van der Waals surface area contributed by atoms with E-state index in [1.807, 2.05) is 23.2 Å². The predicted octanol–water partition coefficient (Wildman–Crippen LogP) is 4.57. The summed E-state index contributed by atoms with van der Waals surface area (Å²) in [5.74, 6) is 0.287. The summed E-state index contributed by atoms with van der Waals surface area (Å²) >= 11 is 5.97. The molecule has 0 spiro atoms. The number of aryl methyl sites for hydroxylation is 1. The highest BCUT2D eigenvalue weighted by Crippen LogP contribution is 2.37. The van der Waals surface area contributed by atoms with E-state index in [4.69, 9.17) is 21.3 Å². The topological polar surface area (TPSA) is 87.7 Å². The van der Waals surface area contributed by atoms with Crippen molar-refractivity contribution >= 4 is 28.2 Å². The van der Waals surface area contributed by atoms with E-state index in [-0.39, 0.29) is 39.0 Å². The minimum absolute atomic E-state index is 0.137. The molecule has 0 amide bonds. The first-order valence-corrected chi connectivity index (χ1v) is 11.8. The molecular weight excluding hydrogens is 471 g/mol. The van der Waals surface area contributed by atoms with Gasteiger partial charge < -0.3 is 4.74 Å². The molecule has 1 fully saturated rings. The van der Waals surface area contributed by atoms with Gasteiger partial charge in [-0.05, 0) is 56.0 Å². The zero-order chi connectivity index (χ0) is 24.3. The first-order chi connectivity index (χ1) is 16.9. The van der Waals surface area contributed by atoms with Gasteiger partial charge in [0.05, 0.1) is 18.8 Å². The van der Waals surface area contributed by atoms with Crippen molar-refractivity contribution in [2.45, 2.75) is 38.3 Å². The van der Waals surface area contributed by atoms with Crippen molar-refractivity contribution in [1.82, 2.24) is 29.3 Å². The number of benzene rings is 1. The van der Waals surface area contributed by atoms with Crippen LogP contribution in [0, 0.1) is 12.7 Å². The monoisotopic (exact) mass is 492 g/mol. The Bertz CT molecular complexity index is 1570. The van der Waals surface area contributed by atoms with E-state index in [0.717, 1.165) is 24.0 Å². The number of hydrogen-bond acceptors (Lipinski definition) is 6. The average Bonchev–Trinajstić information content (AvgIpc) is 3.59. The van der Waals surface area contributed by atoms with Crippen LogP contribution in [0.5, 0.6) is 0 Å². The summed E-state index contributed by atoms with van der Waals surface area (Å²) in [5.41, 5.74) is 2.31. The fraction of sp³-hybridized carbons (Fsp3) is 0.320. The van der Waals surface area contributed by atoms with E-state index < -0.39 is 5.82 Å². The number of ether oxygens (including phenoxy) is 1. The van der Waals surface area contributed by atoms with Gasteiger partial charge in [-0.25, -0.2) is 19.3 Å². The van der Waals surface area contributed by atoms with Crippen LogP contribution in [0.3, 0.4) is 0 Å². The molecule has 178 valence electrons. The van der Waals surface area contributed by atoms with Crippen LogP contribution in [0.25, 0.3) is 27.9 Å². The molecule has 1 aliphatic carbocycles. The molecule has 0 radical (unpaired) electrons. The Morgan fingerprint density at radius 1 is 1.17 bits per heavy atom. The Morgan fingerprint density at radius 3 is 2.77 bits per heavy atom. The molecule has 8 nitrogen and oxygen atoms in total. The predicted molar refractivity (Wildman–Crippen MR) is 130 cm³/mol. The molecule has 6 rings (SSSR count). The lowest BCUT2D eigenvalue weighted by Gasteiger charge is -2.21. The van der Waals surface area contributed by atoms with E-state index in [0.29, 0.717) is 30.7 Å². The van der Waals surface area contributed by atoms with Crippen LogP contribution >= 0.6 is 11.6 Å². The van der Waals surface area contributed by atoms with Gasteiger partial charge in [0.2, 0.25) is 0 Å². The molecule has 3 aromatic heterocycles. The first-order valence-electron chi connectivity index (χ1n) is 11.5. The van der Waals surface area contributed by atoms with Gasteiger partial charge in [-0.3, -0.25) is 14.0 Å². The summed E-state index contributed by atoms with van der Waals surface area (Å²) in [6, 6.07) is 4.83. The zero-order valence-corrected chi connectivity index (χ0v) is 20.0. The normalized spacial score (nSPS) is 18.2. The van der Waals surface area contributed by atoms with Gasteiger partial charge in [0, 0.05) is 29.4 Å². The first kappa shape index (κ1) is 22.1. The Hall–Kier alpha value is -3.43. The van der Waals surface area contributed by atoms with Gasteiger partial charge in [-0.1, -0.05) is 11.6 Å². The molecule has 2 aliphatic rings. The van der Waals surface area contributed by atoms with E-state index in [2.05, 4.69) is 15.1 Å². The third kappa shape index (κ3) is 3.94.